The monoisotopic (exact) mass is 340 g/mol. The van der Waals surface area contributed by atoms with Crippen molar-refractivity contribution in [1.29, 1.82) is 0 Å². The first kappa shape index (κ1) is 15.2. The molecule has 0 unspecified atom stereocenters. The molecule has 0 saturated heterocycles. The van der Waals surface area contributed by atoms with Crippen molar-refractivity contribution >= 4 is 11.6 Å². The molecular formula is C18H17ClN4O. The Morgan fingerprint density at radius 2 is 2.04 bits per heavy atom. The molecule has 0 spiro atoms. The summed E-state index contributed by atoms with van der Waals surface area (Å²) in [6.45, 7) is 2.37. The van der Waals surface area contributed by atoms with Crippen molar-refractivity contribution in [2.75, 3.05) is 6.54 Å². The molecule has 0 atom stereocenters. The van der Waals surface area contributed by atoms with Gasteiger partial charge in [-0.2, -0.15) is 0 Å². The van der Waals surface area contributed by atoms with Crippen molar-refractivity contribution < 1.29 is 0 Å². The molecule has 1 aliphatic rings. The molecule has 1 aliphatic heterocycles. The number of benzene rings is 1. The summed E-state index contributed by atoms with van der Waals surface area (Å²) in [5.41, 5.74) is 3.66. The van der Waals surface area contributed by atoms with Crippen molar-refractivity contribution in [3.05, 3.63) is 74.9 Å². The third-order valence-corrected chi connectivity index (χ3v) is 4.58. The van der Waals surface area contributed by atoms with E-state index in [1.807, 2.05) is 24.4 Å². The summed E-state index contributed by atoms with van der Waals surface area (Å²) in [5.74, 6) is 0.595. The van der Waals surface area contributed by atoms with Crippen LogP contribution in [0, 0.1) is 0 Å². The first-order chi connectivity index (χ1) is 11.7. The Morgan fingerprint density at radius 1 is 1.21 bits per heavy atom. The fraction of sp³-hybridized carbons (Fsp3) is 0.222. The first-order valence-electron chi connectivity index (χ1n) is 7.92. The minimum absolute atomic E-state index is 0.0375. The third-order valence-electron chi connectivity index (χ3n) is 4.33. The predicted molar refractivity (Wildman–Crippen MR) is 93.9 cm³/mol. The maximum Gasteiger partial charge on any atom is 0.254 e. The molecular weight excluding hydrogens is 324 g/mol. The standard InChI is InChI=1S/C18H17ClN4O/c19-13-5-3-12(4-6-13)17-21-16-11-23(10-14-2-1-8-20-14)9-7-15(16)18(24)22-17/h1-6,8,20H,7,9-11H2,(H,21,22,24). The molecule has 0 aliphatic carbocycles. The highest BCUT2D eigenvalue weighted by molar-refractivity contribution is 6.30. The second kappa shape index (κ2) is 6.26. The van der Waals surface area contributed by atoms with Gasteiger partial charge >= 0.3 is 0 Å². The van der Waals surface area contributed by atoms with E-state index in [9.17, 15) is 4.79 Å². The van der Waals surface area contributed by atoms with Crippen LogP contribution in [-0.4, -0.2) is 26.4 Å². The molecule has 24 heavy (non-hydrogen) atoms. The fourth-order valence-corrected chi connectivity index (χ4v) is 3.21. The number of halogens is 1. The lowest BCUT2D eigenvalue weighted by Gasteiger charge is -2.27. The molecule has 6 heteroatoms. The summed E-state index contributed by atoms with van der Waals surface area (Å²) < 4.78 is 0. The Balaban J connectivity index is 1.64. The fourth-order valence-electron chi connectivity index (χ4n) is 3.08. The predicted octanol–water partition coefficient (Wildman–Crippen LogP) is 2.98. The van der Waals surface area contributed by atoms with Crippen LogP contribution >= 0.6 is 11.6 Å². The van der Waals surface area contributed by atoms with Crippen LogP contribution in [0.3, 0.4) is 0 Å². The van der Waals surface area contributed by atoms with Crippen molar-refractivity contribution in [2.24, 2.45) is 0 Å². The lowest BCUT2D eigenvalue weighted by Crippen LogP contribution is -2.35. The van der Waals surface area contributed by atoms with E-state index in [1.54, 1.807) is 12.1 Å². The molecule has 3 heterocycles. The molecule has 0 radical (unpaired) electrons. The number of hydrogen-bond donors (Lipinski definition) is 2. The summed E-state index contributed by atoms with van der Waals surface area (Å²) in [6, 6.07) is 11.4. The zero-order valence-corrected chi connectivity index (χ0v) is 13.8. The van der Waals surface area contributed by atoms with Gasteiger partial charge < -0.3 is 9.97 Å². The summed E-state index contributed by atoms with van der Waals surface area (Å²) in [6.07, 6.45) is 2.65. The van der Waals surface area contributed by atoms with Crippen LogP contribution in [0.25, 0.3) is 11.4 Å². The van der Waals surface area contributed by atoms with Gasteiger partial charge in [0.2, 0.25) is 0 Å². The Bertz CT molecular complexity index is 900. The molecule has 2 N–H and O–H groups in total. The van der Waals surface area contributed by atoms with Crippen molar-refractivity contribution in [2.45, 2.75) is 19.5 Å². The van der Waals surface area contributed by atoms with Gasteiger partial charge in [0.05, 0.1) is 5.69 Å². The second-order valence-electron chi connectivity index (χ2n) is 6.00. The topological polar surface area (TPSA) is 64.8 Å². The molecule has 0 saturated carbocycles. The normalized spacial score (nSPS) is 14.5. The number of nitrogens with zero attached hydrogens (tertiary/aromatic N) is 2. The second-order valence-corrected chi connectivity index (χ2v) is 6.44. The van der Waals surface area contributed by atoms with E-state index >= 15 is 0 Å². The van der Waals surface area contributed by atoms with Gasteiger partial charge in [0.25, 0.3) is 5.56 Å². The molecule has 2 aromatic heterocycles. The Hall–Kier alpha value is -2.37. The maximum absolute atomic E-state index is 12.4. The smallest absolute Gasteiger partial charge is 0.254 e. The van der Waals surface area contributed by atoms with Gasteiger partial charge in [-0.25, -0.2) is 4.98 Å². The van der Waals surface area contributed by atoms with Crippen molar-refractivity contribution in [3.8, 4) is 11.4 Å². The quantitative estimate of drug-likeness (QED) is 0.770. The number of aromatic amines is 2. The van der Waals surface area contributed by atoms with Gasteiger partial charge in [-0.05, 0) is 42.8 Å². The van der Waals surface area contributed by atoms with Crippen LogP contribution < -0.4 is 5.56 Å². The highest BCUT2D eigenvalue weighted by atomic mass is 35.5. The van der Waals surface area contributed by atoms with E-state index in [-0.39, 0.29) is 5.56 Å². The van der Waals surface area contributed by atoms with Gasteiger partial charge in [-0.1, -0.05) is 11.6 Å². The van der Waals surface area contributed by atoms with E-state index < -0.39 is 0 Å². The number of fused-ring (bicyclic) bond motifs is 1. The molecule has 0 fully saturated rings. The maximum atomic E-state index is 12.4. The van der Waals surface area contributed by atoms with E-state index in [1.165, 1.54) is 5.69 Å². The molecule has 5 nitrogen and oxygen atoms in total. The minimum Gasteiger partial charge on any atom is -0.364 e. The number of rotatable bonds is 3. The van der Waals surface area contributed by atoms with Gasteiger partial charge in [0, 0.05) is 47.7 Å². The minimum atomic E-state index is -0.0375. The average Bonchev–Trinajstić information content (AvgIpc) is 3.08. The zero-order chi connectivity index (χ0) is 16.5. The molecule has 0 amide bonds. The first-order valence-corrected chi connectivity index (χ1v) is 8.29. The summed E-state index contributed by atoms with van der Waals surface area (Å²) >= 11 is 5.93. The summed E-state index contributed by atoms with van der Waals surface area (Å²) in [4.78, 5) is 25.5. The lowest BCUT2D eigenvalue weighted by molar-refractivity contribution is 0.238. The van der Waals surface area contributed by atoms with Crippen molar-refractivity contribution in [1.82, 2.24) is 19.9 Å². The third kappa shape index (κ3) is 3.00. The van der Waals surface area contributed by atoms with Gasteiger partial charge in [-0.3, -0.25) is 9.69 Å². The number of hydrogen-bond acceptors (Lipinski definition) is 3. The lowest BCUT2D eigenvalue weighted by atomic mass is 10.1. The number of H-pyrrole nitrogens is 2. The van der Waals surface area contributed by atoms with E-state index in [0.717, 1.165) is 36.3 Å². The van der Waals surface area contributed by atoms with Crippen LogP contribution in [0.5, 0.6) is 0 Å². The SMILES string of the molecule is O=c1[nH]c(-c2ccc(Cl)cc2)nc2c1CCN(Cc1ccc[nH]1)C2. The highest BCUT2D eigenvalue weighted by Gasteiger charge is 2.21. The Kier molecular flexibility index (Phi) is 3.96. The van der Waals surface area contributed by atoms with Gasteiger partial charge in [0.15, 0.2) is 0 Å². The summed E-state index contributed by atoms with van der Waals surface area (Å²) in [7, 11) is 0. The van der Waals surface area contributed by atoms with Crippen LogP contribution in [0.2, 0.25) is 5.02 Å². The Labute approximate surface area is 144 Å². The molecule has 1 aromatic carbocycles. The van der Waals surface area contributed by atoms with Crippen LogP contribution in [0.4, 0.5) is 0 Å². The average molecular weight is 341 g/mol. The van der Waals surface area contributed by atoms with E-state index in [2.05, 4.69) is 20.9 Å². The molecule has 3 aromatic rings. The molecule has 4 rings (SSSR count). The van der Waals surface area contributed by atoms with Crippen molar-refractivity contribution in [3.63, 3.8) is 0 Å². The van der Waals surface area contributed by atoms with Crippen LogP contribution in [0.15, 0.2) is 47.4 Å². The van der Waals surface area contributed by atoms with Gasteiger partial charge in [0.1, 0.15) is 5.82 Å². The summed E-state index contributed by atoms with van der Waals surface area (Å²) in [5, 5.41) is 0.663. The van der Waals surface area contributed by atoms with Crippen LogP contribution in [0.1, 0.15) is 17.0 Å². The Morgan fingerprint density at radius 3 is 2.79 bits per heavy atom. The van der Waals surface area contributed by atoms with E-state index in [0.29, 0.717) is 17.4 Å². The number of nitrogens with one attached hydrogen (secondary N) is 2. The largest absolute Gasteiger partial charge is 0.364 e. The molecule has 122 valence electrons. The van der Waals surface area contributed by atoms with Crippen LogP contribution in [-0.2, 0) is 19.5 Å². The molecule has 0 bridgehead atoms. The van der Waals surface area contributed by atoms with Gasteiger partial charge in [-0.15, -0.1) is 0 Å². The highest BCUT2D eigenvalue weighted by Crippen LogP contribution is 2.21. The number of aromatic nitrogens is 3. The zero-order valence-electron chi connectivity index (χ0n) is 13.1. The van der Waals surface area contributed by atoms with E-state index in [4.69, 9.17) is 16.6 Å².